The number of amides is 2. The molecule has 2 N–H and O–H groups in total. The summed E-state index contributed by atoms with van der Waals surface area (Å²) in [7, 11) is 0. The van der Waals surface area contributed by atoms with Gasteiger partial charge in [0.15, 0.2) is 0 Å². The van der Waals surface area contributed by atoms with Crippen molar-refractivity contribution in [2.24, 2.45) is 0 Å². The smallest absolute Gasteiger partial charge is 0.410 e. The maximum absolute atomic E-state index is 13.5. The van der Waals surface area contributed by atoms with E-state index in [1.165, 1.54) is 12.1 Å². The summed E-state index contributed by atoms with van der Waals surface area (Å²) in [5, 5.41) is 6.47. The molecule has 0 bridgehead atoms. The van der Waals surface area contributed by atoms with Gasteiger partial charge < -0.3 is 25.2 Å². The molecule has 0 saturated carbocycles. The van der Waals surface area contributed by atoms with Gasteiger partial charge >= 0.3 is 6.09 Å². The zero-order valence-corrected chi connectivity index (χ0v) is 20.8. The third-order valence-corrected chi connectivity index (χ3v) is 6.76. The number of carbonyl (C=O) groups is 2. The van der Waals surface area contributed by atoms with E-state index >= 15 is 0 Å². The Kier molecular flexibility index (Phi) is 7.25. The predicted octanol–water partition coefficient (Wildman–Crippen LogP) is 3.58. The number of hydrogen-bond donors (Lipinski definition) is 2. The van der Waals surface area contributed by atoms with E-state index in [1.807, 2.05) is 36.0 Å². The number of benzene rings is 1. The highest BCUT2D eigenvalue weighted by atomic mass is 19.1. The van der Waals surface area contributed by atoms with Crippen molar-refractivity contribution < 1.29 is 18.7 Å². The second kappa shape index (κ2) is 10.9. The molecule has 1 unspecified atom stereocenters. The second-order valence-corrected chi connectivity index (χ2v) is 9.32. The van der Waals surface area contributed by atoms with E-state index in [0.29, 0.717) is 50.8 Å². The summed E-state index contributed by atoms with van der Waals surface area (Å²) in [4.78, 5) is 33.9. The molecule has 10 heteroatoms. The number of halogens is 1. The Morgan fingerprint density at radius 3 is 2.65 bits per heavy atom. The van der Waals surface area contributed by atoms with E-state index in [2.05, 4.69) is 16.7 Å². The number of rotatable bonds is 6. The van der Waals surface area contributed by atoms with Crippen LogP contribution < -0.4 is 10.6 Å². The quantitative estimate of drug-likeness (QED) is 0.623. The van der Waals surface area contributed by atoms with E-state index in [9.17, 15) is 14.0 Å². The minimum absolute atomic E-state index is 0.0642. The van der Waals surface area contributed by atoms with Gasteiger partial charge in [0, 0.05) is 44.1 Å². The summed E-state index contributed by atoms with van der Waals surface area (Å²) < 4.78 is 20.9. The topological polar surface area (TPSA) is 91.7 Å². The van der Waals surface area contributed by atoms with Crippen LogP contribution in [0.3, 0.4) is 0 Å². The van der Waals surface area contributed by atoms with E-state index in [-0.39, 0.29) is 17.8 Å². The van der Waals surface area contributed by atoms with Gasteiger partial charge in [-0.3, -0.25) is 9.36 Å². The second-order valence-electron chi connectivity index (χ2n) is 9.32. The molecular formula is C27H31FN6O3. The lowest BCUT2D eigenvalue weighted by molar-refractivity contribution is -0.133. The summed E-state index contributed by atoms with van der Waals surface area (Å²) in [6.07, 6.45) is 11.3. The van der Waals surface area contributed by atoms with Gasteiger partial charge in [0.05, 0.1) is 6.54 Å². The van der Waals surface area contributed by atoms with Gasteiger partial charge in [0.2, 0.25) is 5.91 Å². The maximum Gasteiger partial charge on any atom is 0.410 e. The number of anilines is 1. The minimum atomic E-state index is -0.534. The van der Waals surface area contributed by atoms with Crippen molar-refractivity contribution in [3.8, 4) is 11.3 Å². The van der Waals surface area contributed by atoms with Gasteiger partial charge in [-0.25, -0.2) is 14.2 Å². The Morgan fingerprint density at radius 1 is 1.16 bits per heavy atom. The largest absolute Gasteiger partial charge is 0.445 e. The highest BCUT2D eigenvalue weighted by molar-refractivity contribution is 5.86. The molecule has 194 valence electrons. The first-order valence-electron chi connectivity index (χ1n) is 12.6. The molecule has 0 radical (unpaired) electrons. The van der Waals surface area contributed by atoms with Crippen molar-refractivity contribution in [3.05, 3.63) is 65.9 Å². The molecule has 9 nitrogen and oxygen atoms in total. The summed E-state index contributed by atoms with van der Waals surface area (Å²) in [5.41, 5.74) is 2.52. The van der Waals surface area contributed by atoms with Crippen LogP contribution in [0.4, 0.5) is 15.0 Å². The van der Waals surface area contributed by atoms with Crippen molar-refractivity contribution in [1.29, 1.82) is 0 Å². The molecule has 2 aliphatic heterocycles. The van der Waals surface area contributed by atoms with Crippen molar-refractivity contribution >= 4 is 24.0 Å². The average molecular weight is 507 g/mol. The number of fused-ring (bicyclic) bond motifs is 1. The molecule has 1 saturated heterocycles. The molecule has 37 heavy (non-hydrogen) atoms. The van der Waals surface area contributed by atoms with Crippen LogP contribution in [0.5, 0.6) is 0 Å². The number of imidazole rings is 1. The van der Waals surface area contributed by atoms with Crippen molar-refractivity contribution in [2.75, 3.05) is 38.1 Å². The first kappa shape index (κ1) is 24.6. The number of ether oxygens (including phenoxy) is 1. The summed E-state index contributed by atoms with van der Waals surface area (Å²) in [5.74, 6) is 1.08. The average Bonchev–Trinajstić information content (AvgIpc) is 3.30. The Labute approximate surface area is 215 Å². The first-order chi connectivity index (χ1) is 18.0. The fourth-order valence-electron chi connectivity index (χ4n) is 4.66. The zero-order chi connectivity index (χ0) is 25.8. The van der Waals surface area contributed by atoms with Crippen molar-refractivity contribution in [3.63, 3.8) is 0 Å². The van der Waals surface area contributed by atoms with Crippen LogP contribution in [0.1, 0.15) is 25.6 Å². The van der Waals surface area contributed by atoms with Gasteiger partial charge in [-0.1, -0.05) is 18.2 Å². The van der Waals surface area contributed by atoms with Crippen LogP contribution in [-0.4, -0.2) is 70.2 Å². The Hall–Kier alpha value is -4.08. The molecule has 1 atom stereocenters. The minimum Gasteiger partial charge on any atom is -0.445 e. The Bertz CT molecular complexity index is 1240. The molecule has 0 spiro atoms. The van der Waals surface area contributed by atoms with Crippen LogP contribution in [0.15, 0.2) is 54.3 Å². The fraction of sp³-hybridized carbons (Fsp3) is 0.370. The first-order valence-corrected chi connectivity index (χ1v) is 12.6. The predicted molar refractivity (Wildman–Crippen MR) is 139 cm³/mol. The summed E-state index contributed by atoms with van der Waals surface area (Å²) in [6.45, 7) is 4.38. The molecule has 2 aromatic rings. The maximum atomic E-state index is 13.5. The van der Waals surface area contributed by atoms with Crippen LogP contribution in [0.2, 0.25) is 0 Å². The van der Waals surface area contributed by atoms with Gasteiger partial charge in [0.1, 0.15) is 35.8 Å². The molecule has 3 aliphatic rings. The van der Waals surface area contributed by atoms with Crippen LogP contribution >= 0.6 is 0 Å². The normalized spacial score (nSPS) is 17.5. The standard InChI is InChI=1S/C27H31FN6O3/c1-19(26(35)32-13-15-33(16-14-32)27(36)37-18-20-5-3-2-4-6-20)30-25-24(21-7-9-22(28)10-8-21)31-23-17-29-11-12-34(23)25/h2-3,5,7-12,19,29-30H,4,6,13-18H2,1H3. The van der Waals surface area contributed by atoms with E-state index < -0.39 is 6.04 Å². The number of carbonyl (C=O) groups excluding carboxylic acids is 2. The number of allylic oxidation sites excluding steroid dienone is 3. The highest BCUT2D eigenvalue weighted by Gasteiger charge is 2.29. The lowest BCUT2D eigenvalue weighted by Crippen LogP contribution is -2.53. The molecule has 3 heterocycles. The molecule has 1 aromatic heterocycles. The SMILES string of the molecule is CC(Nc1c(-c2ccc(F)cc2)nc2n1C=CNC2)C(=O)N1CCN(C(=O)OCC2=CC=CCC2)CC1. The molecule has 1 aromatic carbocycles. The molecule has 1 fully saturated rings. The Morgan fingerprint density at radius 2 is 1.92 bits per heavy atom. The van der Waals surface area contributed by atoms with E-state index in [1.54, 1.807) is 21.9 Å². The molecule has 2 amide bonds. The number of piperazine rings is 1. The number of nitrogens with one attached hydrogen (secondary N) is 2. The van der Waals surface area contributed by atoms with E-state index in [0.717, 1.165) is 29.8 Å². The number of hydrogen-bond acceptors (Lipinski definition) is 6. The van der Waals surface area contributed by atoms with Gasteiger partial charge in [-0.15, -0.1) is 0 Å². The number of nitrogens with zero attached hydrogens (tertiary/aromatic N) is 4. The summed E-state index contributed by atoms with van der Waals surface area (Å²) in [6, 6.07) is 5.62. The lowest BCUT2D eigenvalue weighted by Gasteiger charge is -2.35. The highest BCUT2D eigenvalue weighted by Crippen LogP contribution is 2.31. The third-order valence-electron chi connectivity index (χ3n) is 6.76. The van der Waals surface area contributed by atoms with Crippen LogP contribution in [0.25, 0.3) is 17.5 Å². The summed E-state index contributed by atoms with van der Waals surface area (Å²) >= 11 is 0. The monoisotopic (exact) mass is 506 g/mol. The van der Waals surface area contributed by atoms with Gasteiger partial charge in [0.25, 0.3) is 0 Å². The van der Waals surface area contributed by atoms with Crippen molar-refractivity contribution in [2.45, 2.75) is 32.4 Å². The van der Waals surface area contributed by atoms with Crippen molar-refractivity contribution in [1.82, 2.24) is 24.7 Å². The molecule has 1 aliphatic carbocycles. The Balaban J connectivity index is 1.21. The molecule has 5 rings (SSSR count). The zero-order valence-electron chi connectivity index (χ0n) is 20.8. The van der Waals surface area contributed by atoms with Crippen LogP contribution in [0, 0.1) is 5.82 Å². The van der Waals surface area contributed by atoms with E-state index in [4.69, 9.17) is 9.72 Å². The van der Waals surface area contributed by atoms with Gasteiger partial charge in [-0.05, 0) is 49.6 Å². The lowest BCUT2D eigenvalue weighted by atomic mass is 10.1. The third kappa shape index (κ3) is 5.52. The van der Waals surface area contributed by atoms with Gasteiger partial charge in [-0.2, -0.15) is 0 Å². The number of aromatic nitrogens is 2. The fourth-order valence-corrected chi connectivity index (χ4v) is 4.66. The molecular weight excluding hydrogens is 475 g/mol. The van der Waals surface area contributed by atoms with Crippen LogP contribution in [-0.2, 0) is 16.1 Å².